The molecule has 1 aromatic rings. The van der Waals surface area contributed by atoms with E-state index in [1.54, 1.807) is 18.4 Å². The summed E-state index contributed by atoms with van der Waals surface area (Å²) in [5.74, 6) is 0.691. The Labute approximate surface area is 97.2 Å². The minimum absolute atomic E-state index is 0.534. The summed E-state index contributed by atoms with van der Waals surface area (Å²) in [6.07, 6.45) is 0. The lowest BCUT2D eigenvalue weighted by Gasteiger charge is -2.00. The molecule has 1 rings (SSSR count). The molecule has 1 heterocycles. The van der Waals surface area contributed by atoms with Gasteiger partial charge < -0.3 is 10.1 Å². The molecule has 0 saturated carbocycles. The molecule has 0 amide bonds. The molecule has 6 heteroatoms. The summed E-state index contributed by atoms with van der Waals surface area (Å²) < 4.78 is 4.99. The van der Waals surface area contributed by atoms with Gasteiger partial charge in [0.2, 0.25) is 5.05 Å². The molecule has 3 nitrogen and oxygen atoms in total. The van der Waals surface area contributed by atoms with E-state index in [-0.39, 0.29) is 0 Å². The highest BCUT2D eigenvalue weighted by atomic mass is 32.2. The van der Waals surface area contributed by atoms with Gasteiger partial charge in [-0.1, -0.05) is 11.9 Å². The molecule has 0 fully saturated rings. The summed E-state index contributed by atoms with van der Waals surface area (Å²) in [6.45, 7) is 2.04. The molecule has 0 aliphatic heterocycles. The van der Waals surface area contributed by atoms with E-state index in [4.69, 9.17) is 22.1 Å². The second-order valence-electron chi connectivity index (χ2n) is 2.56. The summed E-state index contributed by atoms with van der Waals surface area (Å²) in [5.41, 5.74) is 1.07. The lowest BCUT2D eigenvalue weighted by atomic mass is 10.4. The minimum Gasteiger partial charge on any atom is -0.486 e. The summed E-state index contributed by atoms with van der Waals surface area (Å²) in [6, 6.07) is 1.99. The van der Waals surface area contributed by atoms with E-state index >= 15 is 0 Å². The number of ether oxygens (including phenoxy) is 1. The third-order valence-electron chi connectivity index (χ3n) is 1.65. The molecule has 0 saturated heterocycles. The first kappa shape index (κ1) is 11.8. The Balaban J connectivity index is 2.76. The van der Waals surface area contributed by atoms with Gasteiger partial charge in [-0.2, -0.15) is 0 Å². The van der Waals surface area contributed by atoms with Crippen LogP contribution in [-0.4, -0.2) is 18.0 Å². The highest BCUT2D eigenvalue weighted by molar-refractivity contribution is 7.97. The second kappa shape index (κ2) is 5.55. The number of nitrogens with one attached hydrogen (secondary N) is 1. The maximum absolute atomic E-state index is 5.33. The van der Waals surface area contributed by atoms with Crippen molar-refractivity contribution in [2.24, 2.45) is 5.14 Å². The van der Waals surface area contributed by atoms with Crippen LogP contribution in [0, 0.1) is 6.92 Å². The minimum atomic E-state index is 0.534. The predicted molar refractivity (Wildman–Crippen MR) is 68.0 cm³/mol. The van der Waals surface area contributed by atoms with Crippen LogP contribution >= 0.6 is 35.5 Å². The zero-order valence-corrected chi connectivity index (χ0v) is 10.4. The predicted octanol–water partition coefficient (Wildman–Crippen LogP) is 2.35. The van der Waals surface area contributed by atoms with Crippen molar-refractivity contribution in [2.45, 2.75) is 6.92 Å². The number of anilines is 1. The number of aryl methyl sites for hydroxylation is 1. The fourth-order valence-corrected chi connectivity index (χ4v) is 2.32. The van der Waals surface area contributed by atoms with Crippen molar-refractivity contribution in [3.05, 3.63) is 15.8 Å². The largest absolute Gasteiger partial charge is 0.486 e. The lowest BCUT2D eigenvalue weighted by Crippen LogP contribution is -2.00. The van der Waals surface area contributed by atoms with Crippen molar-refractivity contribution < 1.29 is 4.74 Å². The number of nitrogens with two attached hydrogens (primary N) is 1. The topological polar surface area (TPSA) is 47.3 Å². The quantitative estimate of drug-likeness (QED) is 0.486. The van der Waals surface area contributed by atoms with Gasteiger partial charge in [-0.3, -0.25) is 5.14 Å². The average Bonchev–Trinajstić information content (AvgIpc) is 2.56. The SMILES string of the molecule is COC(=S)c1cc(NCSN)c(C)s1. The Kier molecular flexibility index (Phi) is 4.67. The van der Waals surface area contributed by atoms with Crippen LogP contribution in [0.15, 0.2) is 6.07 Å². The summed E-state index contributed by atoms with van der Waals surface area (Å²) in [7, 11) is 1.58. The molecule has 1 aromatic heterocycles. The first-order chi connectivity index (χ1) is 6.69. The Hall–Kier alpha value is -0.300. The number of hydrogen-bond acceptors (Lipinski definition) is 6. The molecule has 0 unspecified atom stereocenters. The summed E-state index contributed by atoms with van der Waals surface area (Å²) in [4.78, 5) is 2.16. The van der Waals surface area contributed by atoms with Gasteiger partial charge in [0.25, 0.3) is 0 Å². The third-order valence-corrected chi connectivity index (χ3v) is 3.53. The molecule has 0 aliphatic carbocycles. The first-order valence-electron chi connectivity index (χ1n) is 3.93. The Morgan fingerprint density at radius 2 is 2.50 bits per heavy atom. The average molecular weight is 248 g/mol. The zero-order valence-electron chi connectivity index (χ0n) is 7.99. The van der Waals surface area contributed by atoms with Gasteiger partial charge in [-0.15, -0.1) is 11.3 Å². The Morgan fingerprint density at radius 1 is 1.79 bits per heavy atom. The third kappa shape index (κ3) is 2.84. The molecule has 0 radical (unpaired) electrons. The van der Waals surface area contributed by atoms with Crippen molar-refractivity contribution in [3.63, 3.8) is 0 Å². The molecule has 3 N–H and O–H groups in total. The van der Waals surface area contributed by atoms with E-state index in [1.165, 1.54) is 16.8 Å². The maximum Gasteiger partial charge on any atom is 0.201 e. The number of hydrogen-bond donors (Lipinski definition) is 2. The number of rotatable bonds is 4. The first-order valence-corrected chi connectivity index (χ1v) is 6.20. The Bertz CT molecular complexity index is 324. The van der Waals surface area contributed by atoms with Crippen LogP contribution in [0.5, 0.6) is 0 Å². The van der Waals surface area contributed by atoms with Crippen molar-refractivity contribution in [1.29, 1.82) is 0 Å². The van der Waals surface area contributed by atoms with E-state index in [1.807, 2.05) is 13.0 Å². The van der Waals surface area contributed by atoms with E-state index in [0.717, 1.165) is 10.6 Å². The van der Waals surface area contributed by atoms with Crippen LogP contribution in [0.25, 0.3) is 0 Å². The van der Waals surface area contributed by atoms with E-state index in [2.05, 4.69) is 5.32 Å². The highest BCUT2D eigenvalue weighted by Crippen LogP contribution is 2.27. The zero-order chi connectivity index (χ0) is 10.6. The molecule has 0 aromatic carbocycles. The van der Waals surface area contributed by atoms with Gasteiger partial charge in [0.05, 0.1) is 17.9 Å². The highest BCUT2D eigenvalue weighted by Gasteiger charge is 2.08. The van der Waals surface area contributed by atoms with Crippen LogP contribution in [0.4, 0.5) is 5.69 Å². The standard InChI is InChI=1S/C8H12N2OS3/c1-5-6(10-4-13-9)3-7(14-5)8(12)11-2/h3,10H,4,9H2,1-2H3. The molecule has 78 valence electrons. The Morgan fingerprint density at radius 3 is 3.07 bits per heavy atom. The maximum atomic E-state index is 5.33. The monoisotopic (exact) mass is 248 g/mol. The fraction of sp³-hybridized carbons (Fsp3) is 0.375. The van der Waals surface area contributed by atoms with Crippen molar-refractivity contribution in [3.8, 4) is 0 Å². The van der Waals surface area contributed by atoms with Gasteiger partial charge in [0.1, 0.15) is 0 Å². The molecule has 0 aliphatic rings. The summed E-state index contributed by atoms with van der Waals surface area (Å²) >= 11 is 7.91. The smallest absolute Gasteiger partial charge is 0.201 e. The van der Waals surface area contributed by atoms with Crippen molar-refractivity contribution in [1.82, 2.24) is 0 Å². The molecule has 0 bridgehead atoms. The molecular formula is C8H12N2OS3. The van der Waals surface area contributed by atoms with E-state index < -0.39 is 0 Å². The molecule has 0 atom stereocenters. The van der Waals surface area contributed by atoms with E-state index in [9.17, 15) is 0 Å². The van der Waals surface area contributed by atoms with Gasteiger partial charge in [-0.05, 0) is 25.2 Å². The molecule has 14 heavy (non-hydrogen) atoms. The van der Waals surface area contributed by atoms with Crippen LogP contribution in [0.1, 0.15) is 9.75 Å². The second-order valence-corrected chi connectivity index (χ2v) is 4.81. The van der Waals surface area contributed by atoms with Crippen LogP contribution in [0.2, 0.25) is 0 Å². The van der Waals surface area contributed by atoms with Crippen LogP contribution in [-0.2, 0) is 4.74 Å². The van der Waals surface area contributed by atoms with Crippen LogP contribution in [0.3, 0.4) is 0 Å². The number of methoxy groups -OCH3 is 1. The molecular weight excluding hydrogens is 236 g/mol. The van der Waals surface area contributed by atoms with Gasteiger partial charge in [0.15, 0.2) is 0 Å². The van der Waals surface area contributed by atoms with Crippen molar-refractivity contribution in [2.75, 3.05) is 18.3 Å². The van der Waals surface area contributed by atoms with Gasteiger partial charge in [0, 0.05) is 10.6 Å². The number of thiocarbonyl (C=S) groups is 1. The van der Waals surface area contributed by atoms with E-state index in [0.29, 0.717) is 10.9 Å². The van der Waals surface area contributed by atoms with Gasteiger partial charge in [-0.25, -0.2) is 0 Å². The fourth-order valence-electron chi connectivity index (χ4n) is 0.978. The summed E-state index contributed by atoms with van der Waals surface area (Å²) in [5, 5.41) is 9.06. The van der Waals surface area contributed by atoms with Gasteiger partial charge >= 0.3 is 0 Å². The normalized spacial score (nSPS) is 9.93. The lowest BCUT2D eigenvalue weighted by molar-refractivity contribution is 0.417. The van der Waals surface area contributed by atoms with Crippen molar-refractivity contribution >= 4 is 46.2 Å². The molecule has 0 spiro atoms. The van der Waals surface area contributed by atoms with Crippen LogP contribution < -0.4 is 10.5 Å². The number of thiophene rings is 1.